The number of amides is 1. The molecule has 0 radical (unpaired) electrons. The highest BCUT2D eigenvalue weighted by Gasteiger charge is 2.28. The monoisotopic (exact) mass is 377 g/mol. The van der Waals surface area contributed by atoms with Crippen LogP contribution in [0.25, 0.3) is 0 Å². The fourth-order valence-corrected chi connectivity index (χ4v) is 4.25. The first-order chi connectivity index (χ1) is 12.4. The molecular weight excluding hydrogens is 358 g/mol. The summed E-state index contributed by atoms with van der Waals surface area (Å²) in [7, 11) is 1.32. The number of fused-ring (bicyclic) bond motifs is 1. The lowest BCUT2D eigenvalue weighted by molar-refractivity contribution is -0.119. The van der Waals surface area contributed by atoms with Crippen LogP contribution in [0.15, 0.2) is 12.4 Å². The zero-order chi connectivity index (χ0) is 18.8. The van der Waals surface area contributed by atoms with Gasteiger partial charge in [-0.3, -0.25) is 9.48 Å². The van der Waals surface area contributed by atoms with Gasteiger partial charge in [-0.25, -0.2) is 9.59 Å². The third-order valence-electron chi connectivity index (χ3n) is 4.42. The van der Waals surface area contributed by atoms with E-state index in [9.17, 15) is 14.4 Å². The van der Waals surface area contributed by atoms with E-state index >= 15 is 0 Å². The molecule has 1 aliphatic rings. The Morgan fingerprint density at radius 1 is 1.35 bits per heavy atom. The van der Waals surface area contributed by atoms with Crippen molar-refractivity contribution < 1.29 is 24.2 Å². The van der Waals surface area contributed by atoms with E-state index < -0.39 is 18.0 Å². The number of carboxylic acid groups (broad SMARTS) is 1. The summed E-state index contributed by atoms with van der Waals surface area (Å²) in [6.07, 6.45) is 6.23. The maximum Gasteiger partial charge on any atom is 0.341 e. The van der Waals surface area contributed by atoms with Crippen molar-refractivity contribution in [3.8, 4) is 0 Å². The molecule has 138 valence electrons. The third-order valence-corrected chi connectivity index (χ3v) is 5.63. The number of aromatic carboxylic acids is 1. The smallest absolute Gasteiger partial charge is 0.341 e. The summed E-state index contributed by atoms with van der Waals surface area (Å²) < 4.78 is 6.17. The van der Waals surface area contributed by atoms with Gasteiger partial charge in [0.1, 0.15) is 11.0 Å². The Morgan fingerprint density at radius 2 is 2.08 bits per heavy atom. The number of carbonyl (C=O) groups excluding carboxylic acids is 2. The first-order valence-corrected chi connectivity index (χ1v) is 9.05. The number of esters is 1. The molecule has 0 fully saturated rings. The van der Waals surface area contributed by atoms with Crippen LogP contribution in [-0.2, 0) is 22.4 Å². The molecule has 3 rings (SSSR count). The predicted octanol–water partition coefficient (Wildman–Crippen LogP) is 2.51. The minimum Gasteiger partial charge on any atom is -0.478 e. The van der Waals surface area contributed by atoms with Gasteiger partial charge in [0.2, 0.25) is 5.91 Å². The van der Waals surface area contributed by atoms with Gasteiger partial charge in [0.15, 0.2) is 0 Å². The summed E-state index contributed by atoms with van der Waals surface area (Å²) in [5, 5.41) is 16.2. The maximum atomic E-state index is 12.6. The summed E-state index contributed by atoms with van der Waals surface area (Å²) in [6.45, 7) is 1.61. The average molecular weight is 377 g/mol. The number of ether oxygens (including phenoxy) is 1. The van der Waals surface area contributed by atoms with Crippen LogP contribution in [0.1, 0.15) is 57.0 Å². The van der Waals surface area contributed by atoms with Crippen LogP contribution in [0.2, 0.25) is 0 Å². The van der Waals surface area contributed by atoms with Gasteiger partial charge in [-0.05, 0) is 38.2 Å². The van der Waals surface area contributed by atoms with Gasteiger partial charge < -0.3 is 15.2 Å². The number of carbonyl (C=O) groups is 3. The Morgan fingerprint density at radius 3 is 2.73 bits per heavy atom. The van der Waals surface area contributed by atoms with E-state index in [1.807, 2.05) is 0 Å². The lowest BCUT2D eigenvalue weighted by atomic mass is 9.95. The molecule has 0 aromatic carbocycles. The Balaban J connectivity index is 1.85. The third kappa shape index (κ3) is 3.34. The fraction of sp³-hybridized carbons (Fsp3) is 0.412. The number of hydrogen-bond acceptors (Lipinski definition) is 6. The summed E-state index contributed by atoms with van der Waals surface area (Å²) in [6, 6.07) is -0.729. The number of hydrogen-bond donors (Lipinski definition) is 2. The average Bonchev–Trinajstić information content (AvgIpc) is 3.25. The van der Waals surface area contributed by atoms with Gasteiger partial charge in [-0.1, -0.05) is 0 Å². The second-order valence-electron chi connectivity index (χ2n) is 6.09. The molecule has 2 aromatic heterocycles. The molecule has 0 aliphatic heterocycles. The topological polar surface area (TPSA) is 111 Å². The highest BCUT2D eigenvalue weighted by molar-refractivity contribution is 7.17. The number of rotatable bonds is 5. The number of nitrogens with zero attached hydrogens (tertiary/aromatic N) is 2. The lowest BCUT2D eigenvalue weighted by Crippen LogP contribution is -2.24. The quantitative estimate of drug-likeness (QED) is 0.775. The molecular formula is C17H19N3O5S. The van der Waals surface area contributed by atoms with Crippen LogP contribution < -0.4 is 5.32 Å². The van der Waals surface area contributed by atoms with E-state index in [2.05, 4.69) is 10.4 Å². The molecule has 1 aliphatic carbocycles. The Bertz CT molecular complexity index is 870. The van der Waals surface area contributed by atoms with E-state index in [1.54, 1.807) is 6.92 Å². The van der Waals surface area contributed by atoms with Crippen molar-refractivity contribution in [2.45, 2.75) is 38.6 Å². The van der Waals surface area contributed by atoms with Crippen LogP contribution in [0.4, 0.5) is 5.00 Å². The van der Waals surface area contributed by atoms with Gasteiger partial charge in [-0.15, -0.1) is 11.3 Å². The van der Waals surface area contributed by atoms with Crippen molar-refractivity contribution in [2.24, 2.45) is 0 Å². The van der Waals surface area contributed by atoms with Crippen molar-refractivity contribution >= 4 is 34.2 Å². The number of aryl methyl sites for hydroxylation is 1. The molecule has 9 heteroatoms. The number of nitrogens with one attached hydrogen (secondary N) is 1. The SMILES string of the molecule is COC(=O)c1c(NC(=O)C(C)n2cc(C(=O)O)cn2)sc2c1CCCC2. The second kappa shape index (κ2) is 7.28. The molecule has 26 heavy (non-hydrogen) atoms. The highest BCUT2D eigenvalue weighted by Crippen LogP contribution is 2.38. The van der Waals surface area contributed by atoms with Crippen molar-refractivity contribution in [1.29, 1.82) is 0 Å². The zero-order valence-electron chi connectivity index (χ0n) is 14.4. The van der Waals surface area contributed by atoms with Crippen molar-refractivity contribution in [1.82, 2.24) is 9.78 Å². The van der Waals surface area contributed by atoms with Crippen molar-refractivity contribution in [2.75, 3.05) is 12.4 Å². The molecule has 2 aromatic rings. The van der Waals surface area contributed by atoms with Crippen LogP contribution in [0.3, 0.4) is 0 Å². The minimum absolute atomic E-state index is 0.00601. The van der Waals surface area contributed by atoms with Gasteiger partial charge in [0.25, 0.3) is 0 Å². The molecule has 1 amide bonds. The molecule has 0 saturated carbocycles. The van der Waals surface area contributed by atoms with E-state index in [-0.39, 0.29) is 11.5 Å². The molecule has 2 N–H and O–H groups in total. The van der Waals surface area contributed by atoms with Crippen LogP contribution >= 0.6 is 11.3 Å². The second-order valence-corrected chi connectivity index (χ2v) is 7.19. The standard InChI is InChI=1S/C17H19N3O5S/c1-9(20-8-10(7-18-20)16(22)23)14(21)19-15-13(17(24)25-2)11-5-3-4-6-12(11)26-15/h7-9H,3-6H2,1-2H3,(H,19,21)(H,22,23). The number of carboxylic acids is 1. The van der Waals surface area contributed by atoms with Gasteiger partial charge in [0, 0.05) is 11.1 Å². The number of aromatic nitrogens is 2. The van der Waals surface area contributed by atoms with Crippen LogP contribution in [-0.4, -0.2) is 39.8 Å². The zero-order valence-corrected chi connectivity index (χ0v) is 15.3. The first-order valence-electron chi connectivity index (χ1n) is 8.23. The molecule has 0 bridgehead atoms. The molecule has 1 atom stereocenters. The molecule has 0 spiro atoms. The van der Waals surface area contributed by atoms with Gasteiger partial charge in [-0.2, -0.15) is 5.10 Å². The lowest BCUT2D eigenvalue weighted by Gasteiger charge is -2.13. The Kier molecular flexibility index (Phi) is 5.08. The molecule has 2 heterocycles. The summed E-state index contributed by atoms with van der Waals surface area (Å²) >= 11 is 1.40. The van der Waals surface area contributed by atoms with E-state index in [0.29, 0.717) is 10.6 Å². The summed E-state index contributed by atoms with van der Waals surface area (Å²) in [4.78, 5) is 36.9. The molecule has 0 saturated heterocycles. The molecule has 8 nitrogen and oxygen atoms in total. The van der Waals surface area contributed by atoms with Crippen LogP contribution in [0.5, 0.6) is 0 Å². The number of thiophene rings is 1. The van der Waals surface area contributed by atoms with Gasteiger partial charge >= 0.3 is 11.9 Å². The van der Waals surface area contributed by atoms with E-state index in [1.165, 1.54) is 35.5 Å². The maximum absolute atomic E-state index is 12.6. The summed E-state index contributed by atoms with van der Waals surface area (Å²) in [5.74, 6) is -1.95. The van der Waals surface area contributed by atoms with E-state index in [4.69, 9.17) is 9.84 Å². The first kappa shape index (κ1) is 18.1. The van der Waals surface area contributed by atoms with Crippen LogP contribution in [0, 0.1) is 0 Å². The number of methoxy groups -OCH3 is 1. The normalized spacial score (nSPS) is 14.4. The number of anilines is 1. The minimum atomic E-state index is -1.11. The van der Waals surface area contributed by atoms with Gasteiger partial charge in [0.05, 0.1) is 24.4 Å². The van der Waals surface area contributed by atoms with Crippen molar-refractivity contribution in [3.05, 3.63) is 34.0 Å². The Labute approximate surface area is 153 Å². The largest absolute Gasteiger partial charge is 0.478 e. The summed E-state index contributed by atoms with van der Waals surface area (Å²) in [5.41, 5.74) is 1.40. The van der Waals surface area contributed by atoms with E-state index in [0.717, 1.165) is 36.1 Å². The highest BCUT2D eigenvalue weighted by atomic mass is 32.1. The predicted molar refractivity (Wildman–Crippen MR) is 94.8 cm³/mol. The van der Waals surface area contributed by atoms with Crippen molar-refractivity contribution in [3.63, 3.8) is 0 Å². The Hall–Kier alpha value is -2.68. The fourth-order valence-electron chi connectivity index (χ4n) is 2.97. The molecule has 1 unspecified atom stereocenters.